The van der Waals surface area contributed by atoms with E-state index < -0.39 is 0 Å². The predicted molar refractivity (Wildman–Crippen MR) is 118 cm³/mol. The van der Waals surface area contributed by atoms with Crippen LogP contribution in [-0.4, -0.2) is 16.8 Å². The maximum Gasteiger partial charge on any atom is 0.237 e. The van der Waals surface area contributed by atoms with Gasteiger partial charge in [0.15, 0.2) is 4.34 Å². The maximum atomic E-state index is 12.9. The Balaban J connectivity index is 1.39. The summed E-state index contributed by atoms with van der Waals surface area (Å²) >= 11 is 3.14. The second-order valence-electron chi connectivity index (χ2n) is 7.70. The van der Waals surface area contributed by atoms with Crippen LogP contribution in [0.2, 0.25) is 0 Å². The van der Waals surface area contributed by atoms with E-state index in [1.807, 2.05) is 42.5 Å². The molecule has 2 heterocycles. The minimum Gasteiger partial charge on any atom is -0.274 e. The number of carbonyl (C=O) groups is 2. The van der Waals surface area contributed by atoms with E-state index in [9.17, 15) is 14.9 Å². The third-order valence-corrected chi connectivity index (χ3v) is 8.15. The predicted octanol–water partition coefficient (Wildman–Crippen LogP) is 5.14. The summed E-state index contributed by atoms with van der Waals surface area (Å²) in [6.45, 7) is 0. The molecule has 0 bridgehead atoms. The van der Waals surface area contributed by atoms with Gasteiger partial charge < -0.3 is 0 Å². The highest BCUT2D eigenvalue weighted by atomic mass is 32.2. The summed E-state index contributed by atoms with van der Waals surface area (Å²) in [4.78, 5) is 31.8. The normalized spacial score (nSPS) is 21.1. The van der Waals surface area contributed by atoms with Crippen molar-refractivity contribution in [2.45, 2.75) is 35.8 Å². The number of nitrogens with zero attached hydrogens (tertiary/aromatic N) is 3. The van der Waals surface area contributed by atoms with Gasteiger partial charge in [-0.2, -0.15) is 5.26 Å². The van der Waals surface area contributed by atoms with Gasteiger partial charge in [-0.3, -0.25) is 14.5 Å². The monoisotopic (exact) mass is 433 g/mol. The molecule has 7 heteroatoms. The van der Waals surface area contributed by atoms with Crippen molar-refractivity contribution in [3.8, 4) is 6.07 Å². The number of benzene rings is 2. The molecule has 3 aromatic rings. The summed E-state index contributed by atoms with van der Waals surface area (Å²) in [5.41, 5.74) is 3.18. The minimum atomic E-state index is -0.144. The number of imide groups is 1. The van der Waals surface area contributed by atoms with Gasteiger partial charge >= 0.3 is 0 Å². The van der Waals surface area contributed by atoms with Crippen molar-refractivity contribution in [1.82, 2.24) is 4.98 Å². The summed E-state index contributed by atoms with van der Waals surface area (Å²) in [5, 5.41) is 9.25. The fourth-order valence-corrected chi connectivity index (χ4v) is 6.51. The molecule has 1 aliphatic heterocycles. The average Bonchev–Trinajstić information content (AvgIpc) is 3.30. The van der Waals surface area contributed by atoms with E-state index in [1.165, 1.54) is 4.90 Å². The highest BCUT2D eigenvalue weighted by Gasteiger charge is 2.48. The Morgan fingerprint density at radius 2 is 1.83 bits per heavy atom. The van der Waals surface area contributed by atoms with Crippen LogP contribution in [0.4, 0.5) is 5.69 Å². The number of rotatable bonds is 4. The molecule has 150 valence electrons. The Bertz CT molecular complexity index is 1170. The van der Waals surface area contributed by atoms with Gasteiger partial charge in [0.2, 0.25) is 11.8 Å². The molecule has 0 unspecified atom stereocenters. The lowest BCUT2D eigenvalue weighted by atomic mass is 9.81. The number of nitriles is 1. The molecule has 2 aliphatic rings. The molecule has 5 rings (SSSR count). The van der Waals surface area contributed by atoms with Crippen LogP contribution >= 0.6 is 23.1 Å². The number of aromatic nitrogens is 1. The third kappa shape index (κ3) is 3.30. The molecule has 2 fully saturated rings. The summed E-state index contributed by atoms with van der Waals surface area (Å²) in [5.74, 6) is 0.292. The molecule has 0 N–H and O–H groups in total. The van der Waals surface area contributed by atoms with Crippen LogP contribution < -0.4 is 4.90 Å². The standard InChI is InChI=1S/C23H19N3O2S2/c24-12-14-5-1-2-6-15(14)13-29-23-25-19-10-9-16(11-20(19)30-23)26-21(27)17-7-3-4-8-18(17)22(26)28/h1-2,5-6,9-11,17-18H,3-4,7-8,13H2/t17-,18+. The van der Waals surface area contributed by atoms with Crippen LogP contribution in [0.5, 0.6) is 0 Å². The lowest BCUT2D eigenvalue weighted by Crippen LogP contribution is -2.30. The van der Waals surface area contributed by atoms with Gasteiger partial charge in [-0.1, -0.05) is 42.8 Å². The molecule has 1 aromatic heterocycles. The van der Waals surface area contributed by atoms with E-state index >= 15 is 0 Å². The van der Waals surface area contributed by atoms with E-state index in [2.05, 4.69) is 11.1 Å². The largest absolute Gasteiger partial charge is 0.274 e. The van der Waals surface area contributed by atoms with E-state index in [0.717, 1.165) is 45.8 Å². The number of anilines is 1. The Hall–Kier alpha value is -2.69. The highest BCUT2D eigenvalue weighted by Crippen LogP contribution is 2.41. The van der Waals surface area contributed by atoms with Gasteiger partial charge in [0.05, 0.1) is 39.4 Å². The van der Waals surface area contributed by atoms with E-state index in [1.54, 1.807) is 23.1 Å². The average molecular weight is 434 g/mol. The lowest BCUT2D eigenvalue weighted by molar-refractivity contribution is -0.122. The smallest absolute Gasteiger partial charge is 0.237 e. The first-order valence-corrected chi connectivity index (χ1v) is 11.8. The lowest BCUT2D eigenvalue weighted by Gasteiger charge is -2.19. The zero-order chi connectivity index (χ0) is 20.7. The molecule has 0 spiro atoms. The number of hydrogen-bond donors (Lipinski definition) is 0. The van der Waals surface area contributed by atoms with Gasteiger partial charge in [-0.15, -0.1) is 11.3 Å². The number of hydrogen-bond acceptors (Lipinski definition) is 6. The molecule has 2 amide bonds. The minimum absolute atomic E-state index is 0.0451. The fraction of sp³-hybridized carbons (Fsp3) is 0.304. The molecule has 1 saturated carbocycles. The van der Waals surface area contributed by atoms with Gasteiger partial charge in [0, 0.05) is 5.75 Å². The van der Waals surface area contributed by atoms with Gasteiger partial charge in [-0.25, -0.2) is 4.98 Å². The van der Waals surface area contributed by atoms with Gasteiger partial charge in [0.25, 0.3) is 0 Å². The number of amides is 2. The first kappa shape index (κ1) is 19.3. The fourth-order valence-electron chi connectivity index (χ4n) is 4.40. The summed E-state index contributed by atoms with van der Waals surface area (Å²) < 4.78 is 1.86. The van der Waals surface area contributed by atoms with Crippen molar-refractivity contribution in [3.05, 3.63) is 53.6 Å². The summed E-state index contributed by atoms with van der Waals surface area (Å²) in [6.07, 6.45) is 3.69. The molecule has 2 atom stereocenters. The van der Waals surface area contributed by atoms with Crippen LogP contribution in [0, 0.1) is 23.2 Å². The van der Waals surface area contributed by atoms with Crippen LogP contribution in [0.1, 0.15) is 36.8 Å². The van der Waals surface area contributed by atoms with Crippen molar-refractivity contribution >= 4 is 50.8 Å². The molecule has 5 nitrogen and oxygen atoms in total. The highest BCUT2D eigenvalue weighted by molar-refractivity contribution is 8.00. The number of thiazole rings is 1. The van der Waals surface area contributed by atoms with Gasteiger partial charge in [0.1, 0.15) is 0 Å². The molecule has 1 saturated heterocycles. The van der Waals surface area contributed by atoms with Gasteiger partial charge in [-0.05, 0) is 42.7 Å². The first-order chi connectivity index (χ1) is 14.7. The second-order valence-corrected chi connectivity index (χ2v) is 9.95. The second kappa shape index (κ2) is 7.86. The SMILES string of the molecule is N#Cc1ccccc1CSc1nc2ccc(N3C(=O)[C@H]4CCCC[C@H]4C3=O)cc2s1. The van der Waals surface area contributed by atoms with Crippen molar-refractivity contribution in [2.75, 3.05) is 4.90 Å². The Kier molecular flexibility index (Phi) is 5.05. The molecule has 1 aliphatic carbocycles. The quantitative estimate of drug-likeness (QED) is 0.421. The van der Waals surface area contributed by atoms with E-state index in [4.69, 9.17) is 0 Å². The third-order valence-electron chi connectivity index (χ3n) is 5.94. The van der Waals surface area contributed by atoms with Crippen molar-refractivity contribution in [2.24, 2.45) is 11.8 Å². The number of thioether (sulfide) groups is 1. The van der Waals surface area contributed by atoms with Crippen molar-refractivity contribution in [1.29, 1.82) is 5.26 Å². The van der Waals surface area contributed by atoms with Crippen LogP contribution in [0.15, 0.2) is 46.8 Å². The number of carbonyl (C=O) groups excluding carboxylic acids is 2. The zero-order valence-electron chi connectivity index (χ0n) is 16.2. The molecular weight excluding hydrogens is 414 g/mol. The summed E-state index contributed by atoms with van der Waals surface area (Å²) in [7, 11) is 0. The van der Waals surface area contributed by atoms with Crippen molar-refractivity contribution < 1.29 is 9.59 Å². The Labute approximate surface area is 182 Å². The van der Waals surface area contributed by atoms with Crippen LogP contribution in [0.3, 0.4) is 0 Å². The maximum absolute atomic E-state index is 12.9. The van der Waals surface area contributed by atoms with Crippen molar-refractivity contribution in [3.63, 3.8) is 0 Å². The van der Waals surface area contributed by atoms with E-state index in [0.29, 0.717) is 17.0 Å². The Morgan fingerprint density at radius 1 is 1.10 bits per heavy atom. The molecule has 2 aromatic carbocycles. The molecular formula is C23H19N3O2S2. The molecule has 30 heavy (non-hydrogen) atoms. The van der Waals surface area contributed by atoms with Crippen LogP contribution in [0.25, 0.3) is 10.2 Å². The summed E-state index contributed by atoms with van der Waals surface area (Å²) in [6, 6.07) is 15.4. The van der Waals surface area contributed by atoms with Crippen LogP contribution in [-0.2, 0) is 15.3 Å². The molecule has 0 radical (unpaired) electrons. The topological polar surface area (TPSA) is 74.1 Å². The zero-order valence-corrected chi connectivity index (χ0v) is 17.8. The Morgan fingerprint density at radius 3 is 2.57 bits per heavy atom. The number of fused-ring (bicyclic) bond motifs is 2. The van der Waals surface area contributed by atoms with E-state index in [-0.39, 0.29) is 23.7 Å². The first-order valence-electron chi connectivity index (χ1n) is 10.0.